The van der Waals surface area contributed by atoms with Crippen molar-refractivity contribution in [2.45, 2.75) is 45.2 Å². The van der Waals surface area contributed by atoms with Gasteiger partial charge < -0.3 is 14.2 Å². The first-order valence-corrected chi connectivity index (χ1v) is 7.89. The summed E-state index contributed by atoms with van der Waals surface area (Å²) >= 11 is 0. The van der Waals surface area contributed by atoms with Gasteiger partial charge in [-0.2, -0.15) is 0 Å². The highest BCUT2D eigenvalue weighted by molar-refractivity contribution is 5.92. The van der Waals surface area contributed by atoms with Gasteiger partial charge in [-0.25, -0.2) is 0 Å². The lowest BCUT2D eigenvalue weighted by atomic mass is 9.90. The lowest BCUT2D eigenvalue weighted by molar-refractivity contribution is 0.0533. The smallest absolute Gasteiger partial charge is 0.293 e. The van der Waals surface area contributed by atoms with E-state index in [9.17, 15) is 4.79 Å². The first-order valence-electron chi connectivity index (χ1n) is 7.89. The highest BCUT2D eigenvalue weighted by atomic mass is 16.5. The summed E-state index contributed by atoms with van der Waals surface area (Å²) < 4.78 is 10.1. The summed E-state index contributed by atoms with van der Waals surface area (Å²) in [6.45, 7) is 4.01. The molecule has 0 radical (unpaired) electrons. The molecule has 0 fully saturated rings. The summed E-state index contributed by atoms with van der Waals surface area (Å²) in [6, 6.07) is 5.55. The number of carbonyl (C=O) groups is 1. The number of hydrogen-bond donors (Lipinski definition) is 0. The highest BCUT2D eigenvalue weighted by Gasteiger charge is 2.34. The molecule has 2 heterocycles. The SMILES string of the molecule is COc1cc(C(=O)N(C(C)C)C2CCCc3cccnc32)on1. The molecule has 6 heteroatoms. The molecule has 1 aliphatic rings. The number of aryl methyl sites for hydroxylation is 1. The monoisotopic (exact) mass is 315 g/mol. The number of fused-ring (bicyclic) bond motifs is 1. The molecule has 1 atom stereocenters. The van der Waals surface area contributed by atoms with Crippen LogP contribution in [0.5, 0.6) is 5.88 Å². The fraction of sp³-hybridized carbons (Fsp3) is 0.471. The molecular weight excluding hydrogens is 294 g/mol. The summed E-state index contributed by atoms with van der Waals surface area (Å²) in [5.41, 5.74) is 2.21. The van der Waals surface area contributed by atoms with Gasteiger partial charge in [0.2, 0.25) is 5.76 Å². The van der Waals surface area contributed by atoms with E-state index in [2.05, 4.69) is 16.2 Å². The van der Waals surface area contributed by atoms with E-state index < -0.39 is 0 Å². The van der Waals surface area contributed by atoms with Crippen molar-refractivity contribution in [1.82, 2.24) is 15.0 Å². The predicted octanol–water partition coefficient (Wildman–Crippen LogP) is 3.01. The molecule has 1 aliphatic carbocycles. The van der Waals surface area contributed by atoms with Crippen LogP contribution in [0.4, 0.5) is 0 Å². The normalized spacial score (nSPS) is 17.0. The standard InChI is InChI=1S/C17H21N3O3/c1-11(2)20(17(21)14-10-15(22-3)19-23-14)13-8-4-6-12-7-5-9-18-16(12)13/h5,7,9-11,13H,4,6,8H2,1-3H3. The van der Waals surface area contributed by atoms with Gasteiger partial charge in [0.1, 0.15) is 0 Å². The molecule has 0 saturated heterocycles. The van der Waals surface area contributed by atoms with Crippen molar-refractivity contribution in [1.29, 1.82) is 0 Å². The molecule has 3 rings (SSSR count). The van der Waals surface area contributed by atoms with Crippen molar-refractivity contribution in [3.8, 4) is 5.88 Å². The molecule has 1 unspecified atom stereocenters. The van der Waals surface area contributed by atoms with Crippen LogP contribution in [0.15, 0.2) is 28.9 Å². The van der Waals surface area contributed by atoms with Gasteiger partial charge in [0.15, 0.2) is 0 Å². The van der Waals surface area contributed by atoms with Crippen molar-refractivity contribution in [3.63, 3.8) is 0 Å². The number of pyridine rings is 1. The minimum absolute atomic E-state index is 0.0246. The summed E-state index contributed by atoms with van der Waals surface area (Å²) in [4.78, 5) is 19.3. The minimum atomic E-state index is -0.181. The summed E-state index contributed by atoms with van der Waals surface area (Å²) in [5.74, 6) is 0.317. The van der Waals surface area contributed by atoms with Gasteiger partial charge in [-0.3, -0.25) is 9.78 Å². The van der Waals surface area contributed by atoms with Crippen LogP contribution in [-0.2, 0) is 6.42 Å². The Kier molecular flexibility index (Phi) is 4.32. The first kappa shape index (κ1) is 15.5. The third-order valence-corrected chi connectivity index (χ3v) is 4.20. The topological polar surface area (TPSA) is 68.5 Å². The van der Waals surface area contributed by atoms with Crippen LogP contribution in [0.25, 0.3) is 0 Å². The van der Waals surface area contributed by atoms with E-state index >= 15 is 0 Å². The molecule has 0 bridgehead atoms. The van der Waals surface area contributed by atoms with Crippen molar-refractivity contribution in [3.05, 3.63) is 41.4 Å². The van der Waals surface area contributed by atoms with Crippen molar-refractivity contribution >= 4 is 5.91 Å². The maximum absolute atomic E-state index is 12.9. The van der Waals surface area contributed by atoms with Crippen molar-refractivity contribution < 1.29 is 14.1 Å². The lowest BCUT2D eigenvalue weighted by Crippen LogP contribution is -2.41. The number of nitrogens with zero attached hydrogens (tertiary/aromatic N) is 3. The van der Waals surface area contributed by atoms with Gasteiger partial charge >= 0.3 is 0 Å². The maximum atomic E-state index is 12.9. The molecular formula is C17H21N3O3. The van der Waals surface area contributed by atoms with E-state index in [-0.39, 0.29) is 23.8 Å². The fourth-order valence-corrected chi connectivity index (χ4v) is 3.17. The van der Waals surface area contributed by atoms with Gasteiger partial charge in [-0.15, -0.1) is 0 Å². The van der Waals surface area contributed by atoms with Gasteiger partial charge in [0, 0.05) is 12.2 Å². The highest BCUT2D eigenvalue weighted by Crippen LogP contribution is 2.35. The van der Waals surface area contributed by atoms with E-state index in [0.717, 1.165) is 25.0 Å². The lowest BCUT2D eigenvalue weighted by Gasteiger charge is -2.37. The van der Waals surface area contributed by atoms with Crippen LogP contribution >= 0.6 is 0 Å². The predicted molar refractivity (Wildman–Crippen MR) is 84.3 cm³/mol. The Balaban J connectivity index is 1.95. The first-order chi connectivity index (χ1) is 11.1. The zero-order valence-corrected chi connectivity index (χ0v) is 13.7. The number of carbonyl (C=O) groups excluding carboxylic acids is 1. The average molecular weight is 315 g/mol. The molecule has 1 amide bonds. The average Bonchev–Trinajstić information content (AvgIpc) is 3.04. The zero-order valence-electron chi connectivity index (χ0n) is 13.7. The molecule has 122 valence electrons. The largest absolute Gasteiger partial charge is 0.479 e. The van der Waals surface area contributed by atoms with Crippen LogP contribution in [0.3, 0.4) is 0 Å². The molecule has 6 nitrogen and oxygen atoms in total. The Morgan fingerprint density at radius 1 is 1.48 bits per heavy atom. The number of aromatic nitrogens is 2. The number of rotatable bonds is 4. The van der Waals surface area contributed by atoms with E-state index in [0.29, 0.717) is 5.88 Å². The molecule has 0 saturated carbocycles. The molecule has 0 aliphatic heterocycles. The zero-order chi connectivity index (χ0) is 16.4. The second-order valence-electron chi connectivity index (χ2n) is 6.00. The van der Waals surface area contributed by atoms with E-state index in [1.54, 1.807) is 6.20 Å². The van der Waals surface area contributed by atoms with Crippen molar-refractivity contribution in [2.75, 3.05) is 7.11 Å². The molecule has 0 aromatic carbocycles. The summed E-state index contributed by atoms with van der Waals surface area (Å²) in [7, 11) is 1.49. The molecule has 0 spiro atoms. The fourth-order valence-electron chi connectivity index (χ4n) is 3.17. The van der Waals surface area contributed by atoms with Gasteiger partial charge in [-0.05, 0) is 49.9 Å². The minimum Gasteiger partial charge on any atom is -0.479 e. The van der Waals surface area contributed by atoms with E-state index in [4.69, 9.17) is 9.26 Å². The van der Waals surface area contributed by atoms with Crippen molar-refractivity contribution in [2.24, 2.45) is 0 Å². The third-order valence-electron chi connectivity index (χ3n) is 4.20. The Hall–Kier alpha value is -2.37. The summed E-state index contributed by atoms with van der Waals surface area (Å²) in [6.07, 6.45) is 4.74. The molecule has 2 aromatic rings. The second-order valence-corrected chi connectivity index (χ2v) is 6.00. The summed E-state index contributed by atoms with van der Waals surface area (Å²) in [5, 5.41) is 3.73. The number of amides is 1. The van der Waals surface area contributed by atoms with Crippen LogP contribution < -0.4 is 4.74 Å². The van der Waals surface area contributed by atoms with Gasteiger partial charge in [0.05, 0.1) is 24.9 Å². The maximum Gasteiger partial charge on any atom is 0.293 e. The molecule has 2 aromatic heterocycles. The van der Waals surface area contributed by atoms with Crippen LogP contribution in [0.2, 0.25) is 0 Å². The van der Waals surface area contributed by atoms with Gasteiger partial charge in [-0.1, -0.05) is 6.07 Å². The molecule has 0 N–H and O–H groups in total. The van der Waals surface area contributed by atoms with Crippen LogP contribution in [0.1, 0.15) is 54.5 Å². The quantitative estimate of drug-likeness (QED) is 0.867. The number of methoxy groups -OCH3 is 1. The third kappa shape index (κ3) is 2.93. The van der Waals surface area contributed by atoms with Crippen LogP contribution in [-0.4, -0.2) is 34.1 Å². The van der Waals surface area contributed by atoms with Crippen LogP contribution in [0, 0.1) is 0 Å². The Morgan fingerprint density at radius 3 is 3.00 bits per heavy atom. The Morgan fingerprint density at radius 2 is 2.30 bits per heavy atom. The van der Waals surface area contributed by atoms with E-state index in [1.807, 2.05) is 24.8 Å². The Bertz CT molecular complexity index is 696. The Labute approximate surface area is 135 Å². The number of ether oxygens (including phenoxy) is 1. The second kappa shape index (κ2) is 6.40. The van der Waals surface area contributed by atoms with Gasteiger partial charge in [0.25, 0.3) is 11.8 Å². The molecule has 23 heavy (non-hydrogen) atoms. The number of hydrogen-bond acceptors (Lipinski definition) is 5. The van der Waals surface area contributed by atoms with E-state index in [1.165, 1.54) is 18.7 Å².